The predicted molar refractivity (Wildman–Crippen MR) is 70.7 cm³/mol. The van der Waals surface area contributed by atoms with E-state index in [2.05, 4.69) is 10.1 Å². The number of esters is 1. The molecule has 1 rings (SSSR count). The number of hydrogen-bond donors (Lipinski definition) is 2. The molecule has 19 heavy (non-hydrogen) atoms. The Kier molecular flexibility index (Phi) is 5.32. The second-order valence-corrected chi connectivity index (χ2v) is 4.08. The number of nitrogens with two attached hydrogens (primary N) is 1. The second kappa shape index (κ2) is 6.75. The van der Waals surface area contributed by atoms with Crippen LogP contribution in [0.2, 0.25) is 0 Å². The number of hydrogen-bond acceptors (Lipinski definition) is 5. The summed E-state index contributed by atoms with van der Waals surface area (Å²) in [6.45, 7) is 1.85. The largest absolute Gasteiger partial charge is 0.467 e. The van der Waals surface area contributed by atoms with Gasteiger partial charge in [0.05, 0.1) is 13.7 Å². The molecule has 0 bridgehead atoms. The Balaban J connectivity index is 2.81. The third-order valence-electron chi connectivity index (χ3n) is 2.66. The number of methoxy groups -OCH3 is 2. The van der Waals surface area contributed by atoms with Crippen LogP contribution in [0.15, 0.2) is 18.2 Å². The van der Waals surface area contributed by atoms with Crippen LogP contribution in [-0.2, 0) is 14.3 Å². The molecule has 0 aliphatic rings. The SMILES string of the molecule is COC[C@@H](NC(=O)c1ccc(N)c(C)c1)C(=O)OC. The van der Waals surface area contributed by atoms with Gasteiger partial charge < -0.3 is 20.5 Å². The normalized spacial score (nSPS) is 11.7. The highest BCUT2D eigenvalue weighted by atomic mass is 16.5. The third kappa shape index (κ3) is 3.96. The zero-order valence-electron chi connectivity index (χ0n) is 11.2. The fraction of sp³-hybridized carbons (Fsp3) is 0.385. The minimum atomic E-state index is -0.833. The second-order valence-electron chi connectivity index (χ2n) is 4.08. The van der Waals surface area contributed by atoms with Crippen LogP contribution in [0, 0.1) is 6.92 Å². The van der Waals surface area contributed by atoms with Gasteiger partial charge >= 0.3 is 5.97 Å². The van der Waals surface area contributed by atoms with E-state index in [1.54, 1.807) is 25.1 Å². The predicted octanol–water partition coefficient (Wildman–Crippen LogP) is 0.495. The van der Waals surface area contributed by atoms with Crippen molar-refractivity contribution < 1.29 is 19.1 Å². The molecule has 0 aliphatic carbocycles. The molecule has 0 saturated heterocycles. The molecule has 1 aromatic carbocycles. The Morgan fingerprint density at radius 1 is 1.37 bits per heavy atom. The van der Waals surface area contributed by atoms with Crippen molar-refractivity contribution >= 4 is 17.6 Å². The van der Waals surface area contributed by atoms with Gasteiger partial charge in [-0.1, -0.05) is 0 Å². The first-order valence-corrected chi connectivity index (χ1v) is 5.73. The van der Waals surface area contributed by atoms with Crippen LogP contribution in [-0.4, -0.2) is 38.7 Å². The first kappa shape index (κ1) is 15.0. The Labute approximate surface area is 111 Å². The number of aryl methyl sites for hydroxylation is 1. The van der Waals surface area contributed by atoms with Crippen LogP contribution in [0.3, 0.4) is 0 Å². The molecular formula is C13H18N2O4. The quantitative estimate of drug-likeness (QED) is 0.598. The van der Waals surface area contributed by atoms with E-state index in [0.717, 1.165) is 5.56 Å². The lowest BCUT2D eigenvalue weighted by Gasteiger charge is -2.15. The summed E-state index contributed by atoms with van der Waals surface area (Å²) in [4.78, 5) is 23.5. The van der Waals surface area contributed by atoms with Gasteiger partial charge in [-0.15, -0.1) is 0 Å². The fourth-order valence-corrected chi connectivity index (χ4v) is 1.54. The zero-order valence-corrected chi connectivity index (χ0v) is 11.2. The monoisotopic (exact) mass is 266 g/mol. The zero-order chi connectivity index (χ0) is 14.4. The Bertz CT molecular complexity index is 474. The van der Waals surface area contributed by atoms with Crippen molar-refractivity contribution in [1.29, 1.82) is 0 Å². The number of anilines is 1. The summed E-state index contributed by atoms with van der Waals surface area (Å²) >= 11 is 0. The van der Waals surface area contributed by atoms with Gasteiger partial charge in [-0.25, -0.2) is 4.79 Å². The lowest BCUT2D eigenvalue weighted by Crippen LogP contribution is -2.44. The molecule has 0 saturated carbocycles. The van der Waals surface area contributed by atoms with Gasteiger partial charge in [-0.3, -0.25) is 4.79 Å². The topological polar surface area (TPSA) is 90.6 Å². The van der Waals surface area contributed by atoms with Gasteiger partial charge in [0.25, 0.3) is 5.91 Å². The van der Waals surface area contributed by atoms with Crippen LogP contribution in [0.1, 0.15) is 15.9 Å². The molecular weight excluding hydrogens is 248 g/mol. The van der Waals surface area contributed by atoms with Gasteiger partial charge in [-0.2, -0.15) is 0 Å². The summed E-state index contributed by atoms with van der Waals surface area (Å²) in [6, 6.07) is 4.07. The molecule has 0 aliphatic heterocycles. The first-order chi connectivity index (χ1) is 8.99. The Morgan fingerprint density at radius 3 is 2.58 bits per heavy atom. The number of nitrogens with one attached hydrogen (secondary N) is 1. The molecule has 1 amide bonds. The van der Waals surface area contributed by atoms with E-state index < -0.39 is 12.0 Å². The number of benzene rings is 1. The van der Waals surface area contributed by atoms with Crippen molar-refractivity contribution in [3.63, 3.8) is 0 Å². The van der Waals surface area contributed by atoms with Crippen LogP contribution in [0.4, 0.5) is 5.69 Å². The van der Waals surface area contributed by atoms with Crippen molar-refractivity contribution in [3.05, 3.63) is 29.3 Å². The third-order valence-corrected chi connectivity index (χ3v) is 2.66. The molecule has 104 valence electrons. The van der Waals surface area contributed by atoms with Crippen LogP contribution < -0.4 is 11.1 Å². The Hall–Kier alpha value is -2.08. The molecule has 1 atom stereocenters. The summed E-state index contributed by atoms with van der Waals surface area (Å²) in [6.07, 6.45) is 0. The minimum absolute atomic E-state index is 0.0480. The van der Waals surface area contributed by atoms with Crippen LogP contribution >= 0.6 is 0 Å². The molecule has 0 spiro atoms. The maximum Gasteiger partial charge on any atom is 0.330 e. The number of carbonyl (C=O) groups excluding carboxylic acids is 2. The van der Waals surface area contributed by atoms with Crippen molar-refractivity contribution in [3.8, 4) is 0 Å². The molecule has 0 heterocycles. The van der Waals surface area contributed by atoms with Crippen molar-refractivity contribution in [1.82, 2.24) is 5.32 Å². The summed E-state index contributed by atoms with van der Waals surface area (Å²) in [5.41, 5.74) is 7.52. The van der Waals surface area contributed by atoms with Crippen LogP contribution in [0.5, 0.6) is 0 Å². The molecule has 0 aromatic heterocycles. The van der Waals surface area contributed by atoms with Gasteiger partial charge in [0, 0.05) is 18.4 Å². The van der Waals surface area contributed by atoms with E-state index in [4.69, 9.17) is 10.5 Å². The average Bonchev–Trinajstić information content (AvgIpc) is 2.40. The van der Waals surface area contributed by atoms with E-state index in [1.807, 2.05) is 0 Å². The maximum absolute atomic E-state index is 12.0. The van der Waals surface area contributed by atoms with Gasteiger partial charge in [0.1, 0.15) is 0 Å². The smallest absolute Gasteiger partial charge is 0.330 e. The first-order valence-electron chi connectivity index (χ1n) is 5.73. The van der Waals surface area contributed by atoms with Gasteiger partial charge in [0.15, 0.2) is 6.04 Å². The average molecular weight is 266 g/mol. The fourth-order valence-electron chi connectivity index (χ4n) is 1.54. The van der Waals surface area contributed by atoms with Gasteiger partial charge in [-0.05, 0) is 30.7 Å². The van der Waals surface area contributed by atoms with Crippen molar-refractivity contribution in [2.45, 2.75) is 13.0 Å². The lowest BCUT2D eigenvalue weighted by atomic mass is 10.1. The van der Waals surface area contributed by atoms with E-state index in [0.29, 0.717) is 11.3 Å². The van der Waals surface area contributed by atoms with E-state index in [1.165, 1.54) is 14.2 Å². The van der Waals surface area contributed by atoms with Gasteiger partial charge in [0.2, 0.25) is 0 Å². The molecule has 6 heteroatoms. The number of nitrogen functional groups attached to an aromatic ring is 1. The maximum atomic E-state index is 12.0. The van der Waals surface area contributed by atoms with E-state index in [-0.39, 0.29) is 12.5 Å². The summed E-state index contributed by atoms with van der Waals surface area (Å²) < 4.78 is 9.46. The van der Waals surface area contributed by atoms with Crippen LogP contribution in [0.25, 0.3) is 0 Å². The Morgan fingerprint density at radius 2 is 2.05 bits per heavy atom. The van der Waals surface area contributed by atoms with E-state index >= 15 is 0 Å². The molecule has 1 aromatic rings. The number of ether oxygens (including phenoxy) is 2. The minimum Gasteiger partial charge on any atom is -0.467 e. The van der Waals surface area contributed by atoms with Crippen molar-refractivity contribution in [2.75, 3.05) is 26.6 Å². The summed E-state index contributed by atoms with van der Waals surface area (Å²) in [7, 11) is 2.69. The molecule has 0 unspecified atom stereocenters. The highest BCUT2D eigenvalue weighted by molar-refractivity contribution is 5.97. The summed E-state index contributed by atoms with van der Waals surface area (Å²) in [5, 5.41) is 2.55. The number of rotatable bonds is 5. The highest BCUT2D eigenvalue weighted by Crippen LogP contribution is 2.12. The molecule has 6 nitrogen and oxygen atoms in total. The highest BCUT2D eigenvalue weighted by Gasteiger charge is 2.22. The van der Waals surface area contributed by atoms with Crippen molar-refractivity contribution in [2.24, 2.45) is 0 Å². The molecule has 0 fully saturated rings. The van der Waals surface area contributed by atoms with E-state index in [9.17, 15) is 9.59 Å². The number of amides is 1. The molecule has 3 N–H and O–H groups in total. The standard InChI is InChI=1S/C13H18N2O4/c1-8-6-9(4-5-10(8)14)12(16)15-11(7-18-2)13(17)19-3/h4-6,11H,7,14H2,1-3H3,(H,15,16)/t11-/m1/s1. The molecule has 0 radical (unpaired) electrons. The number of carbonyl (C=O) groups is 2. The lowest BCUT2D eigenvalue weighted by molar-refractivity contribution is -0.144. The summed E-state index contributed by atoms with van der Waals surface area (Å²) in [5.74, 6) is -0.932.